The summed E-state index contributed by atoms with van der Waals surface area (Å²) in [4.78, 5) is 12.4. The molecule has 1 aromatic rings. The van der Waals surface area contributed by atoms with Gasteiger partial charge in [0.05, 0.1) is 6.42 Å². The van der Waals surface area contributed by atoms with Gasteiger partial charge in [-0.05, 0) is 31.2 Å². The molecule has 4 heteroatoms. The van der Waals surface area contributed by atoms with Crippen LogP contribution in [0.4, 0.5) is 0 Å². The summed E-state index contributed by atoms with van der Waals surface area (Å²) in [6, 6.07) is 8.04. The Balaban J connectivity index is 2.26. The zero-order valence-electron chi connectivity index (χ0n) is 11.1. The molecule has 0 aliphatic rings. The Bertz CT molecular complexity index is 379. The topological polar surface area (TPSA) is 49.8 Å². The van der Waals surface area contributed by atoms with Crippen molar-refractivity contribution in [1.82, 2.24) is 4.90 Å². The van der Waals surface area contributed by atoms with Crippen molar-refractivity contribution in [3.05, 3.63) is 29.8 Å². The number of nitrogens with zero attached hydrogens (tertiary/aromatic N) is 1. The first-order valence-electron chi connectivity index (χ1n) is 6.24. The normalized spacial score (nSPS) is 10.6. The third kappa shape index (κ3) is 5.68. The van der Waals surface area contributed by atoms with Crippen LogP contribution >= 0.6 is 0 Å². The largest absolute Gasteiger partial charge is 0.492 e. The zero-order valence-corrected chi connectivity index (χ0v) is 11.1. The molecule has 100 valence electrons. The first-order valence-corrected chi connectivity index (χ1v) is 6.24. The molecular weight excluding hydrogens is 230 g/mol. The summed E-state index contributed by atoms with van der Waals surface area (Å²) in [5, 5.41) is 8.57. The Morgan fingerprint density at radius 1 is 1.39 bits per heavy atom. The molecule has 0 atom stereocenters. The molecule has 1 N–H and O–H groups in total. The lowest BCUT2D eigenvalue weighted by Crippen LogP contribution is -2.26. The highest BCUT2D eigenvalue weighted by Crippen LogP contribution is 2.13. The van der Waals surface area contributed by atoms with E-state index >= 15 is 0 Å². The fourth-order valence-electron chi connectivity index (χ4n) is 1.57. The Morgan fingerprint density at radius 3 is 2.83 bits per heavy atom. The molecule has 0 unspecified atom stereocenters. The van der Waals surface area contributed by atoms with Crippen molar-refractivity contribution in [3.63, 3.8) is 0 Å². The third-order valence-corrected chi connectivity index (χ3v) is 2.76. The number of carbonyl (C=O) groups is 1. The number of hydrogen-bond acceptors (Lipinski definition) is 3. The number of aliphatic carboxylic acids is 1. The molecule has 4 nitrogen and oxygen atoms in total. The van der Waals surface area contributed by atoms with E-state index in [2.05, 4.69) is 13.0 Å². The van der Waals surface area contributed by atoms with Crippen molar-refractivity contribution < 1.29 is 14.6 Å². The molecule has 1 rings (SSSR count). The van der Waals surface area contributed by atoms with Gasteiger partial charge in [-0.1, -0.05) is 19.1 Å². The van der Waals surface area contributed by atoms with Crippen LogP contribution in [0.25, 0.3) is 0 Å². The average molecular weight is 251 g/mol. The van der Waals surface area contributed by atoms with E-state index < -0.39 is 5.97 Å². The molecular formula is C14H21NO3. The summed E-state index contributed by atoms with van der Waals surface area (Å²) in [5.74, 6) is 0.111. The maximum atomic E-state index is 10.4. The Hall–Kier alpha value is -1.55. The van der Waals surface area contributed by atoms with Gasteiger partial charge >= 0.3 is 5.97 Å². The number of aryl methyl sites for hydroxylation is 1. The zero-order chi connectivity index (χ0) is 13.4. The van der Waals surface area contributed by atoms with Gasteiger partial charge in [-0.3, -0.25) is 4.79 Å². The molecule has 18 heavy (non-hydrogen) atoms. The van der Waals surface area contributed by atoms with Crippen LogP contribution in [0.5, 0.6) is 5.75 Å². The molecule has 0 bridgehead atoms. The third-order valence-electron chi connectivity index (χ3n) is 2.76. The first-order chi connectivity index (χ1) is 8.61. The van der Waals surface area contributed by atoms with E-state index in [0.29, 0.717) is 13.2 Å². The highest BCUT2D eigenvalue weighted by Gasteiger charge is 2.02. The lowest BCUT2D eigenvalue weighted by molar-refractivity contribution is -0.137. The van der Waals surface area contributed by atoms with Crippen molar-refractivity contribution in [2.75, 3.05) is 26.7 Å². The predicted octanol–water partition coefficient (Wildman–Crippen LogP) is 2.03. The second-order valence-corrected chi connectivity index (χ2v) is 4.30. The fourth-order valence-corrected chi connectivity index (χ4v) is 1.57. The van der Waals surface area contributed by atoms with Crippen LogP contribution in [-0.4, -0.2) is 42.7 Å². The maximum absolute atomic E-state index is 10.4. The summed E-state index contributed by atoms with van der Waals surface area (Å²) < 4.78 is 5.64. The highest BCUT2D eigenvalue weighted by molar-refractivity contribution is 5.66. The van der Waals surface area contributed by atoms with E-state index in [1.807, 2.05) is 30.1 Å². The van der Waals surface area contributed by atoms with Crippen LogP contribution in [0.1, 0.15) is 18.9 Å². The molecule has 0 radical (unpaired) electrons. The minimum Gasteiger partial charge on any atom is -0.492 e. The molecule has 0 saturated carbocycles. The van der Waals surface area contributed by atoms with Gasteiger partial charge < -0.3 is 14.7 Å². The van der Waals surface area contributed by atoms with Crippen LogP contribution in [0.3, 0.4) is 0 Å². The summed E-state index contributed by atoms with van der Waals surface area (Å²) in [5.41, 5.74) is 1.26. The molecule has 0 saturated heterocycles. The van der Waals surface area contributed by atoms with E-state index in [0.717, 1.165) is 18.7 Å². The van der Waals surface area contributed by atoms with Crippen LogP contribution in [0.2, 0.25) is 0 Å². The Morgan fingerprint density at radius 2 is 2.17 bits per heavy atom. The summed E-state index contributed by atoms with van der Waals surface area (Å²) >= 11 is 0. The molecule has 0 amide bonds. The number of carboxylic acids is 1. The van der Waals surface area contributed by atoms with E-state index in [4.69, 9.17) is 9.84 Å². The maximum Gasteiger partial charge on any atom is 0.304 e. The van der Waals surface area contributed by atoms with Gasteiger partial charge in [0.15, 0.2) is 0 Å². The predicted molar refractivity (Wildman–Crippen MR) is 71.1 cm³/mol. The summed E-state index contributed by atoms with van der Waals surface area (Å²) in [7, 11) is 1.90. The average Bonchev–Trinajstić information content (AvgIpc) is 2.36. The highest BCUT2D eigenvalue weighted by atomic mass is 16.5. The molecule has 0 spiro atoms. The monoisotopic (exact) mass is 251 g/mol. The van der Waals surface area contributed by atoms with Crippen molar-refractivity contribution in [2.45, 2.75) is 19.8 Å². The van der Waals surface area contributed by atoms with Gasteiger partial charge in [0.25, 0.3) is 0 Å². The SMILES string of the molecule is CCc1cccc(OCCN(C)CCC(=O)O)c1. The van der Waals surface area contributed by atoms with Crippen molar-refractivity contribution in [1.29, 1.82) is 0 Å². The molecule has 0 aliphatic heterocycles. The lowest BCUT2D eigenvalue weighted by atomic mass is 10.2. The van der Waals surface area contributed by atoms with Gasteiger partial charge in [0.1, 0.15) is 12.4 Å². The number of likely N-dealkylation sites (N-methyl/N-ethyl adjacent to an activating group) is 1. The van der Waals surface area contributed by atoms with Crippen molar-refractivity contribution in [2.24, 2.45) is 0 Å². The van der Waals surface area contributed by atoms with Gasteiger partial charge in [0.2, 0.25) is 0 Å². The van der Waals surface area contributed by atoms with E-state index in [9.17, 15) is 4.79 Å². The summed E-state index contributed by atoms with van der Waals surface area (Å²) in [6.45, 7) is 3.96. The Labute approximate surface area is 108 Å². The van der Waals surface area contributed by atoms with Gasteiger partial charge in [0, 0.05) is 13.1 Å². The van der Waals surface area contributed by atoms with Crippen molar-refractivity contribution >= 4 is 5.97 Å². The van der Waals surface area contributed by atoms with E-state index in [1.165, 1.54) is 5.56 Å². The van der Waals surface area contributed by atoms with Gasteiger partial charge in [-0.2, -0.15) is 0 Å². The van der Waals surface area contributed by atoms with E-state index in [1.54, 1.807) is 0 Å². The van der Waals surface area contributed by atoms with Crippen LogP contribution < -0.4 is 4.74 Å². The second-order valence-electron chi connectivity index (χ2n) is 4.30. The number of hydrogen-bond donors (Lipinski definition) is 1. The minimum atomic E-state index is -0.765. The lowest BCUT2D eigenvalue weighted by Gasteiger charge is -2.15. The molecule has 1 aromatic carbocycles. The number of benzene rings is 1. The van der Waals surface area contributed by atoms with Gasteiger partial charge in [-0.25, -0.2) is 0 Å². The number of ether oxygens (including phenoxy) is 1. The van der Waals surface area contributed by atoms with Crippen LogP contribution in [0.15, 0.2) is 24.3 Å². The molecule has 0 aliphatic carbocycles. The smallest absolute Gasteiger partial charge is 0.304 e. The number of carboxylic acid groups (broad SMARTS) is 1. The van der Waals surface area contributed by atoms with Crippen LogP contribution in [-0.2, 0) is 11.2 Å². The quantitative estimate of drug-likeness (QED) is 0.768. The fraction of sp³-hybridized carbons (Fsp3) is 0.500. The molecule has 0 fully saturated rings. The van der Waals surface area contributed by atoms with E-state index in [-0.39, 0.29) is 6.42 Å². The van der Waals surface area contributed by atoms with Crippen LogP contribution in [0, 0.1) is 0 Å². The molecule has 0 aromatic heterocycles. The minimum absolute atomic E-state index is 0.168. The number of rotatable bonds is 8. The van der Waals surface area contributed by atoms with Crippen molar-refractivity contribution in [3.8, 4) is 5.75 Å². The second kappa shape index (κ2) is 7.71. The molecule has 0 heterocycles. The van der Waals surface area contributed by atoms with Gasteiger partial charge in [-0.15, -0.1) is 0 Å². The summed E-state index contributed by atoms with van der Waals surface area (Å²) in [6.07, 6.45) is 1.16. The Kier molecular flexibility index (Phi) is 6.22. The standard InChI is InChI=1S/C14H21NO3/c1-3-12-5-4-6-13(11-12)18-10-9-15(2)8-7-14(16)17/h4-6,11H,3,7-10H2,1-2H3,(H,16,17). The first kappa shape index (κ1) is 14.5.